The Morgan fingerprint density at radius 1 is 1.04 bits per heavy atom. The highest BCUT2D eigenvalue weighted by molar-refractivity contribution is 5.97. The summed E-state index contributed by atoms with van der Waals surface area (Å²) in [5, 5.41) is 2.96. The standard InChI is InChI=1S/C19H19N3O2/c23-19-17(13-24-18-9-5-4-8-16(18)20-19)22-11-10-21(14-22)12-15-6-2-1-3-7-15/h1-11,17H,12-14H2,(H,20,23)/t17-/m0/s1. The maximum atomic E-state index is 12.5. The second kappa shape index (κ2) is 6.28. The highest BCUT2D eigenvalue weighted by Crippen LogP contribution is 2.27. The summed E-state index contributed by atoms with van der Waals surface area (Å²) >= 11 is 0. The van der Waals surface area contributed by atoms with Gasteiger partial charge in [-0.25, -0.2) is 0 Å². The fraction of sp³-hybridized carbons (Fsp3) is 0.211. The van der Waals surface area contributed by atoms with E-state index in [9.17, 15) is 4.79 Å². The smallest absolute Gasteiger partial charge is 0.250 e. The van der Waals surface area contributed by atoms with Crippen LogP contribution in [0.2, 0.25) is 0 Å². The van der Waals surface area contributed by atoms with Crippen LogP contribution in [0.25, 0.3) is 0 Å². The van der Waals surface area contributed by atoms with Crippen LogP contribution >= 0.6 is 0 Å². The quantitative estimate of drug-likeness (QED) is 0.944. The molecule has 2 aromatic carbocycles. The maximum absolute atomic E-state index is 12.5. The fourth-order valence-corrected chi connectivity index (χ4v) is 3.01. The maximum Gasteiger partial charge on any atom is 0.250 e. The van der Waals surface area contributed by atoms with Crippen molar-refractivity contribution >= 4 is 11.6 Å². The fourth-order valence-electron chi connectivity index (χ4n) is 3.01. The number of hydrogen-bond donors (Lipinski definition) is 1. The summed E-state index contributed by atoms with van der Waals surface area (Å²) in [7, 11) is 0. The second-order valence-electron chi connectivity index (χ2n) is 6.00. The molecular formula is C19H19N3O2. The lowest BCUT2D eigenvalue weighted by Crippen LogP contribution is -2.45. The van der Waals surface area contributed by atoms with Crippen LogP contribution < -0.4 is 10.1 Å². The summed E-state index contributed by atoms with van der Waals surface area (Å²) in [6, 6.07) is 17.5. The molecule has 0 aliphatic carbocycles. The van der Waals surface area contributed by atoms with Crippen LogP contribution in [0.5, 0.6) is 5.75 Å². The van der Waals surface area contributed by atoms with E-state index < -0.39 is 0 Å². The predicted octanol–water partition coefficient (Wildman–Crippen LogP) is 2.63. The van der Waals surface area contributed by atoms with Gasteiger partial charge in [-0.05, 0) is 17.7 Å². The largest absolute Gasteiger partial charge is 0.489 e. The Balaban J connectivity index is 1.42. The molecule has 0 saturated carbocycles. The SMILES string of the molecule is O=C1Nc2ccccc2OC[C@@H]1N1C=CN(Cc2ccccc2)C1. The summed E-state index contributed by atoms with van der Waals surface area (Å²) in [4.78, 5) is 16.7. The number of fused-ring (bicyclic) bond motifs is 1. The third-order valence-electron chi connectivity index (χ3n) is 4.29. The molecule has 122 valence electrons. The van der Waals surface area contributed by atoms with E-state index in [1.165, 1.54) is 5.56 Å². The molecule has 0 unspecified atom stereocenters. The van der Waals surface area contributed by atoms with Gasteiger partial charge in [-0.15, -0.1) is 0 Å². The molecule has 0 bridgehead atoms. The van der Waals surface area contributed by atoms with Crippen LogP contribution in [0.4, 0.5) is 5.69 Å². The lowest BCUT2D eigenvalue weighted by atomic mass is 10.2. The van der Waals surface area contributed by atoms with Crippen molar-refractivity contribution in [3.63, 3.8) is 0 Å². The number of rotatable bonds is 3. The van der Waals surface area contributed by atoms with Crippen molar-refractivity contribution in [2.45, 2.75) is 12.6 Å². The Hall–Kier alpha value is -2.95. The average molecular weight is 321 g/mol. The Bertz CT molecular complexity index is 760. The number of amides is 1. The van der Waals surface area contributed by atoms with Crippen molar-refractivity contribution in [2.24, 2.45) is 0 Å². The van der Waals surface area contributed by atoms with Gasteiger partial charge in [0.1, 0.15) is 18.4 Å². The highest BCUT2D eigenvalue weighted by Gasteiger charge is 2.31. The van der Waals surface area contributed by atoms with Crippen molar-refractivity contribution in [1.29, 1.82) is 0 Å². The van der Waals surface area contributed by atoms with Crippen LogP contribution in [0.15, 0.2) is 67.0 Å². The normalized spacial score (nSPS) is 19.5. The Morgan fingerprint density at radius 3 is 2.71 bits per heavy atom. The van der Waals surface area contributed by atoms with Gasteiger partial charge in [0.2, 0.25) is 0 Å². The predicted molar refractivity (Wildman–Crippen MR) is 92.2 cm³/mol. The number of benzene rings is 2. The minimum Gasteiger partial charge on any atom is -0.489 e. The number of anilines is 1. The number of hydrogen-bond acceptors (Lipinski definition) is 4. The van der Waals surface area contributed by atoms with E-state index in [-0.39, 0.29) is 11.9 Å². The van der Waals surface area contributed by atoms with Gasteiger partial charge in [-0.1, -0.05) is 42.5 Å². The molecule has 5 heteroatoms. The zero-order valence-corrected chi connectivity index (χ0v) is 13.3. The minimum absolute atomic E-state index is 0.0360. The van der Waals surface area contributed by atoms with E-state index in [1.54, 1.807) is 0 Å². The topological polar surface area (TPSA) is 44.8 Å². The number of nitrogens with zero attached hydrogens (tertiary/aromatic N) is 2. The van der Waals surface area contributed by atoms with Gasteiger partial charge in [0, 0.05) is 18.9 Å². The molecule has 2 aliphatic heterocycles. The van der Waals surface area contributed by atoms with E-state index >= 15 is 0 Å². The zero-order valence-electron chi connectivity index (χ0n) is 13.3. The first-order valence-corrected chi connectivity index (χ1v) is 8.04. The van der Waals surface area contributed by atoms with Gasteiger partial charge < -0.3 is 19.9 Å². The Kier molecular flexibility index (Phi) is 3.83. The van der Waals surface area contributed by atoms with Crippen molar-refractivity contribution in [2.75, 3.05) is 18.6 Å². The summed E-state index contributed by atoms with van der Waals surface area (Å²) < 4.78 is 5.82. The Morgan fingerprint density at radius 2 is 1.83 bits per heavy atom. The van der Waals surface area contributed by atoms with Gasteiger partial charge in [0.05, 0.1) is 12.4 Å². The number of para-hydroxylation sites is 2. The van der Waals surface area contributed by atoms with Gasteiger partial charge in [0.15, 0.2) is 0 Å². The number of ether oxygens (including phenoxy) is 1. The molecule has 0 saturated heterocycles. The van der Waals surface area contributed by atoms with Gasteiger partial charge >= 0.3 is 0 Å². The first kappa shape index (κ1) is 14.6. The van der Waals surface area contributed by atoms with E-state index in [2.05, 4.69) is 22.3 Å². The van der Waals surface area contributed by atoms with Gasteiger partial charge in [-0.3, -0.25) is 4.79 Å². The molecule has 0 aromatic heterocycles. The van der Waals surface area contributed by atoms with Crippen LogP contribution in [0.1, 0.15) is 5.56 Å². The van der Waals surface area contributed by atoms with Crippen LogP contribution in [-0.4, -0.2) is 35.0 Å². The lowest BCUT2D eigenvalue weighted by Gasteiger charge is -2.27. The first-order valence-electron chi connectivity index (χ1n) is 8.04. The second-order valence-corrected chi connectivity index (χ2v) is 6.00. The number of nitrogens with one attached hydrogen (secondary N) is 1. The molecular weight excluding hydrogens is 302 g/mol. The molecule has 2 heterocycles. The number of carbonyl (C=O) groups excluding carboxylic acids is 1. The summed E-state index contributed by atoms with van der Waals surface area (Å²) in [6.45, 7) is 1.84. The van der Waals surface area contributed by atoms with E-state index in [1.807, 2.05) is 59.8 Å². The van der Waals surface area contributed by atoms with E-state index in [4.69, 9.17) is 4.74 Å². The van der Waals surface area contributed by atoms with Crippen LogP contribution in [0.3, 0.4) is 0 Å². The Labute approximate surface area is 141 Å². The molecule has 0 fully saturated rings. The third kappa shape index (κ3) is 2.93. The monoisotopic (exact) mass is 321 g/mol. The molecule has 2 aliphatic rings. The number of carbonyl (C=O) groups is 1. The molecule has 0 spiro atoms. The van der Waals surface area contributed by atoms with Crippen molar-refractivity contribution in [3.05, 3.63) is 72.6 Å². The van der Waals surface area contributed by atoms with Crippen LogP contribution in [-0.2, 0) is 11.3 Å². The van der Waals surface area contributed by atoms with Crippen molar-refractivity contribution in [3.8, 4) is 5.75 Å². The average Bonchev–Trinajstić information content (AvgIpc) is 2.98. The lowest BCUT2D eigenvalue weighted by molar-refractivity contribution is -0.121. The molecule has 1 N–H and O–H groups in total. The highest BCUT2D eigenvalue weighted by atomic mass is 16.5. The van der Waals surface area contributed by atoms with Gasteiger partial charge in [0.25, 0.3) is 5.91 Å². The van der Waals surface area contributed by atoms with E-state index in [0.717, 1.165) is 18.0 Å². The molecule has 24 heavy (non-hydrogen) atoms. The van der Waals surface area contributed by atoms with E-state index in [0.29, 0.717) is 13.3 Å². The van der Waals surface area contributed by atoms with Crippen LogP contribution in [0, 0.1) is 0 Å². The van der Waals surface area contributed by atoms with Crippen molar-refractivity contribution in [1.82, 2.24) is 9.80 Å². The minimum atomic E-state index is -0.338. The summed E-state index contributed by atoms with van der Waals surface area (Å²) in [5.74, 6) is 0.684. The molecule has 2 aromatic rings. The zero-order chi connectivity index (χ0) is 16.4. The molecule has 0 radical (unpaired) electrons. The van der Waals surface area contributed by atoms with Gasteiger partial charge in [-0.2, -0.15) is 0 Å². The summed E-state index contributed by atoms with van der Waals surface area (Å²) in [5.41, 5.74) is 1.98. The third-order valence-corrected chi connectivity index (χ3v) is 4.29. The van der Waals surface area contributed by atoms with Crippen molar-refractivity contribution < 1.29 is 9.53 Å². The summed E-state index contributed by atoms with van der Waals surface area (Å²) in [6.07, 6.45) is 3.99. The molecule has 1 amide bonds. The molecule has 5 nitrogen and oxygen atoms in total. The molecule has 4 rings (SSSR count). The molecule has 1 atom stereocenters. The first-order chi connectivity index (χ1) is 11.8.